The van der Waals surface area contributed by atoms with Gasteiger partial charge >= 0.3 is 0 Å². The Labute approximate surface area is 137 Å². The first-order valence-electron chi connectivity index (χ1n) is 8.38. The average Bonchev–Trinajstić information content (AvgIpc) is 3.13. The second-order valence-corrected chi connectivity index (χ2v) is 6.35. The number of hydrogen-bond acceptors (Lipinski definition) is 5. The summed E-state index contributed by atoms with van der Waals surface area (Å²) in [6.45, 7) is 6.06. The molecule has 0 aliphatic carbocycles. The first-order chi connectivity index (χ1) is 11.2. The fraction of sp³-hybridized carbons (Fsp3) is 0.688. The van der Waals surface area contributed by atoms with Crippen LogP contribution in [0.2, 0.25) is 0 Å². The van der Waals surface area contributed by atoms with Crippen LogP contribution in [0.5, 0.6) is 0 Å². The Morgan fingerprint density at radius 2 is 2.22 bits per heavy atom. The standard InChI is InChI=1S/C16H26N6O/c1-13-17-6-9-22(13)12-15-18-19-16(20(15)2)14-5-3-7-21(11-14)8-4-10-23/h6,9,14,23H,3-5,7-8,10-12H2,1-2H3. The molecule has 23 heavy (non-hydrogen) atoms. The molecule has 1 atom stereocenters. The van der Waals surface area contributed by atoms with Gasteiger partial charge in [0.1, 0.15) is 11.6 Å². The van der Waals surface area contributed by atoms with Crippen LogP contribution in [0.4, 0.5) is 0 Å². The summed E-state index contributed by atoms with van der Waals surface area (Å²) >= 11 is 0. The van der Waals surface area contributed by atoms with Crippen LogP contribution in [-0.4, -0.2) is 60.6 Å². The molecule has 0 amide bonds. The Hall–Kier alpha value is -1.73. The van der Waals surface area contributed by atoms with Crippen molar-refractivity contribution in [2.75, 3.05) is 26.2 Å². The molecule has 1 unspecified atom stereocenters. The smallest absolute Gasteiger partial charge is 0.152 e. The maximum atomic E-state index is 9.01. The van der Waals surface area contributed by atoms with Gasteiger partial charge in [0.2, 0.25) is 0 Å². The zero-order valence-electron chi connectivity index (χ0n) is 14.0. The van der Waals surface area contributed by atoms with E-state index in [0.29, 0.717) is 12.5 Å². The summed E-state index contributed by atoms with van der Waals surface area (Å²) < 4.78 is 4.22. The molecule has 7 nitrogen and oxygen atoms in total. The number of aryl methyl sites for hydroxylation is 1. The Balaban J connectivity index is 1.70. The van der Waals surface area contributed by atoms with Crippen LogP contribution >= 0.6 is 0 Å². The largest absolute Gasteiger partial charge is 0.396 e. The van der Waals surface area contributed by atoms with Gasteiger partial charge in [-0.3, -0.25) is 0 Å². The van der Waals surface area contributed by atoms with Crippen molar-refractivity contribution in [1.29, 1.82) is 0 Å². The van der Waals surface area contributed by atoms with Crippen molar-refractivity contribution in [2.45, 2.75) is 38.6 Å². The van der Waals surface area contributed by atoms with E-state index in [1.165, 1.54) is 6.42 Å². The van der Waals surface area contributed by atoms with Gasteiger partial charge < -0.3 is 19.1 Å². The summed E-state index contributed by atoms with van der Waals surface area (Å²) in [5.74, 6) is 3.46. The molecule has 1 aliphatic heterocycles. The molecular weight excluding hydrogens is 292 g/mol. The Bertz CT molecular complexity index is 634. The van der Waals surface area contributed by atoms with E-state index in [1.807, 2.05) is 19.3 Å². The fourth-order valence-corrected chi connectivity index (χ4v) is 3.36. The molecule has 0 radical (unpaired) electrons. The molecule has 2 aromatic heterocycles. The number of piperidine rings is 1. The summed E-state index contributed by atoms with van der Waals surface area (Å²) in [5.41, 5.74) is 0. The summed E-state index contributed by atoms with van der Waals surface area (Å²) in [5, 5.41) is 17.9. The van der Waals surface area contributed by atoms with Crippen LogP contribution < -0.4 is 0 Å². The van der Waals surface area contributed by atoms with Gasteiger partial charge in [-0.05, 0) is 32.7 Å². The van der Waals surface area contributed by atoms with Crippen LogP contribution in [0.3, 0.4) is 0 Å². The third-order valence-electron chi connectivity index (χ3n) is 4.74. The molecule has 0 bridgehead atoms. The molecule has 3 heterocycles. The summed E-state index contributed by atoms with van der Waals surface area (Å²) in [6.07, 6.45) is 6.97. The average molecular weight is 318 g/mol. The maximum absolute atomic E-state index is 9.01. The molecule has 126 valence electrons. The number of imidazole rings is 1. The van der Waals surface area contributed by atoms with Crippen LogP contribution in [-0.2, 0) is 13.6 Å². The highest BCUT2D eigenvalue weighted by molar-refractivity contribution is 5.05. The first kappa shape index (κ1) is 16.1. The summed E-state index contributed by atoms with van der Waals surface area (Å²) in [4.78, 5) is 6.69. The van der Waals surface area contributed by atoms with Gasteiger partial charge in [0.15, 0.2) is 5.82 Å². The molecule has 2 aromatic rings. The first-order valence-corrected chi connectivity index (χ1v) is 8.38. The predicted octanol–water partition coefficient (Wildman–Crippen LogP) is 0.930. The van der Waals surface area contributed by atoms with E-state index >= 15 is 0 Å². The molecule has 7 heteroatoms. The second kappa shape index (κ2) is 7.23. The van der Waals surface area contributed by atoms with E-state index in [1.54, 1.807) is 0 Å². The highest BCUT2D eigenvalue weighted by atomic mass is 16.3. The van der Waals surface area contributed by atoms with Gasteiger partial charge in [-0.25, -0.2) is 4.98 Å². The van der Waals surface area contributed by atoms with Crippen molar-refractivity contribution < 1.29 is 5.11 Å². The molecule has 1 aliphatic rings. The normalized spacial score (nSPS) is 19.3. The van der Waals surface area contributed by atoms with Crippen LogP contribution in [0.25, 0.3) is 0 Å². The fourth-order valence-electron chi connectivity index (χ4n) is 3.36. The highest BCUT2D eigenvalue weighted by Crippen LogP contribution is 2.25. The Morgan fingerprint density at radius 3 is 2.96 bits per heavy atom. The molecule has 0 spiro atoms. The monoisotopic (exact) mass is 318 g/mol. The highest BCUT2D eigenvalue weighted by Gasteiger charge is 2.25. The molecule has 0 saturated carbocycles. The maximum Gasteiger partial charge on any atom is 0.152 e. The van der Waals surface area contributed by atoms with Crippen molar-refractivity contribution in [3.63, 3.8) is 0 Å². The van der Waals surface area contributed by atoms with E-state index in [0.717, 1.165) is 49.9 Å². The van der Waals surface area contributed by atoms with Gasteiger partial charge in [-0.2, -0.15) is 0 Å². The minimum absolute atomic E-state index is 0.263. The minimum atomic E-state index is 0.263. The van der Waals surface area contributed by atoms with E-state index in [-0.39, 0.29) is 6.61 Å². The lowest BCUT2D eigenvalue weighted by Gasteiger charge is -2.32. The topological polar surface area (TPSA) is 72.0 Å². The molecule has 1 fully saturated rings. The van der Waals surface area contributed by atoms with Gasteiger partial charge in [0.05, 0.1) is 6.54 Å². The molecule has 3 rings (SSSR count). The molecule has 1 N–H and O–H groups in total. The number of aliphatic hydroxyl groups is 1. The number of rotatable bonds is 6. The van der Waals surface area contributed by atoms with Crippen molar-refractivity contribution in [2.24, 2.45) is 7.05 Å². The SMILES string of the molecule is Cc1nccn1Cc1nnc(C2CCCN(CCCO)C2)n1C. The van der Waals surface area contributed by atoms with Gasteiger partial charge in [-0.15, -0.1) is 10.2 Å². The third-order valence-corrected chi connectivity index (χ3v) is 4.74. The second-order valence-electron chi connectivity index (χ2n) is 6.35. The molecular formula is C16H26N6O. The van der Waals surface area contributed by atoms with E-state index in [9.17, 15) is 0 Å². The molecule has 0 aromatic carbocycles. The van der Waals surface area contributed by atoms with Crippen LogP contribution in [0.1, 0.15) is 42.7 Å². The van der Waals surface area contributed by atoms with Crippen LogP contribution in [0.15, 0.2) is 12.4 Å². The Kier molecular flexibility index (Phi) is 5.07. The lowest BCUT2D eigenvalue weighted by Crippen LogP contribution is -2.36. The van der Waals surface area contributed by atoms with Crippen LogP contribution in [0, 0.1) is 6.92 Å². The van der Waals surface area contributed by atoms with Gasteiger partial charge in [0, 0.05) is 45.1 Å². The van der Waals surface area contributed by atoms with E-state index < -0.39 is 0 Å². The lowest BCUT2D eigenvalue weighted by molar-refractivity contribution is 0.180. The van der Waals surface area contributed by atoms with Crippen molar-refractivity contribution in [3.05, 3.63) is 29.9 Å². The number of aromatic nitrogens is 5. The zero-order chi connectivity index (χ0) is 16.2. The number of nitrogens with zero attached hydrogens (tertiary/aromatic N) is 6. The quantitative estimate of drug-likeness (QED) is 0.858. The Morgan fingerprint density at radius 1 is 1.35 bits per heavy atom. The van der Waals surface area contributed by atoms with Gasteiger partial charge in [-0.1, -0.05) is 0 Å². The lowest BCUT2D eigenvalue weighted by atomic mass is 9.97. The predicted molar refractivity (Wildman–Crippen MR) is 87.2 cm³/mol. The summed E-state index contributed by atoms with van der Waals surface area (Å²) in [6, 6.07) is 0. The molecule has 1 saturated heterocycles. The van der Waals surface area contributed by atoms with Crippen molar-refractivity contribution >= 4 is 0 Å². The number of aliphatic hydroxyl groups excluding tert-OH is 1. The van der Waals surface area contributed by atoms with E-state index in [4.69, 9.17) is 5.11 Å². The van der Waals surface area contributed by atoms with Crippen molar-refractivity contribution in [3.8, 4) is 0 Å². The third kappa shape index (κ3) is 3.61. The number of likely N-dealkylation sites (tertiary alicyclic amines) is 1. The van der Waals surface area contributed by atoms with Gasteiger partial charge in [0.25, 0.3) is 0 Å². The number of hydrogen-bond donors (Lipinski definition) is 1. The summed E-state index contributed by atoms with van der Waals surface area (Å²) in [7, 11) is 2.06. The van der Waals surface area contributed by atoms with Crippen molar-refractivity contribution in [1.82, 2.24) is 29.2 Å². The van der Waals surface area contributed by atoms with E-state index in [2.05, 4.69) is 36.3 Å². The minimum Gasteiger partial charge on any atom is -0.396 e. The zero-order valence-corrected chi connectivity index (χ0v) is 14.0.